The van der Waals surface area contributed by atoms with E-state index >= 15 is 0 Å². The quantitative estimate of drug-likeness (QED) is 0.480. The summed E-state index contributed by atoms with van der Waals surface area (Å²) in [7, 11) is 0. The van der Waals surface area contributed by atoms with Crippen molar-refractivity contribution in [2.75, 3.05) is 5.75 Å². The Kier molecular flexibility index (Phi) is 5.17. The molecule has 1 radical (unpaired) electrons. The zero-order chi connectivity index (χ0) is 4.83. The Hall–Kier alpha value is 0.0900. The summed E-state index contributed by atoms with van der Waals surface area (Å²) in [5.74, 6) is 1.04. The molecule has 0 aliphatic rings. The second kappa shape index (κ2) is 5.09. The number of hydrogen-bond donors (Lipinski definition) is 0. The molecule has 0 aromatic heterocycles. The molecule has 1 heteroatoms. The largest absolute Gasteiger partial charge is 0.157 e. The van der Waals surface area contributed by atoms with Gasteiger partial charge in [-0.1, -0.05) is 12.2 Å². The molecule has 0 spiro atoms. The smallest absolute Gasteiger partial charge is 0.0113 e. The highest BCUT2D eigenvalue weighted by Crippen LogP contribution is 1.92. The Morgan fingerprint density at radius 3 is 2.67 bits per heavy atom. The molecule has 0 aromatic carbocycles. The summed E-state index contributed by atoms with van der Waals surface area (Å²) in [5, 5.41) is 0. The van der Waals surface area contributed by atoms with Crippen LogP contribution in [0.4, 0.5) is 0 Å². The van der Waals surface area contributed by atoms with E-state index in [-0.39, 0.29) is 0 Å². The maximum absolute atomic E-state index is 3.59. The molecular formula is C5H9S. The van der Waals surface area contributed by atoms with Crippen molar-refractivity contribution in [3.05, 3.63) is 18.4 Å². The van der Waals surface area contributed by atoms with Crippen LogP contribution >= 0.6 is 11.8 Å². The zero-order valence-electron chi connectivity index (χ0n) is 3.98. The first-order valence-electron chi connectivity index (χ1n) is 1.90. The summed E-state index contributed by atoms with van der Waals surface area (Å²) >= 11 is 1.59. The fourth-order valence-electron chi connectivity index (χ4n) is 0.164. The van der Waals surface area contributed by atoms with E-state index in [4.69, 9.17) is 0 Å². The number of thioether (sulfide) groups is 1. The van der Waals surface area contributed by atoms with Gasteiger partial charge in [0.15, 0.2) is 0 Å². The maximum Gasteiger partial charge on any atom is 0.0113 e. The SMILES string of the molecule is [CH2]SCC=CC. The lowest BCUT2D eigenvalue weighted by Crippen LogP contribution is -1.58. The van der Waals surface area contributed by atoms with Crippen molar-refractivity contribution < 1.29 is 0 Å². The van der Waals surface area contributed by atoms with Gasteiger partial charge in [0.25, 0.3) is 0 Å². The van der Waals surface area contributed by atoms with Crippen molar-refractivity contribution in [3.63, 3.8) is 0 Å². The first kappa shape index (κ1) is 6.09. The Balaban J connectivity index is 2.66. The standard InChI is InChI=1S/C5H9S/c1-3-4-5-6-2/h3-4H,2,5H2,1H3. The summed E-state index contributed by atoms with van der Waals surface area (Å²) in [6.07, 6.45) is 7.70. The summed E-state index contributed by atoms with van der Waals surface area (Å²) in [5.41, 5.74) is 0. The molecule has 0 N–H and O–H groups in total. The maximum atomic E-state index is 3.59. The third kappa shape index (κ3) is 4.09. The first-order chi connectivity index (χ1) is 2.91. The van der Waals surface area contributed by atoms with Gasteiger partial charge >= 0.3 is 0 Å². The molecule has 0 heterocycles. The van der Waals surface area contributed by atoms with Crippen LogP contribution in [0.25, 0.3) is 0 Å². The molecule has 0 saturated carbocycles. The average Bonchev–Trinajstić information content (AvgIpc) is 1.61. The molecule has 0 amide bonds. The highest BCUT2D eigenvalue weighted by Gasteiger charge is 1.64. The molecule has 6 heavy (non-hydrogen) atoms. The van der Waals surface area contributed by atoms with Gasteiger partial charge in [0.2, 0.25) is 0 Å². The molecule has 0 nitrogen and oxygen atoms in total. The van der Waals surface area contributed by atoms with E-state index in [0.717, 1.165) is 5.75 Å². The van der Waals surface area contributed by atoms with Crippen molar-refractivity contribution in [1.29, 1.82) is 0 Å². The second-order valence-electron chi connectivity index (χ2n) is 0.940. The minimum atomic E-state index is 1.04. The number of rotatable bonds is 2. The molecule has 0 aliphatic carbocycles. The first-order valence-corrected chi connectivity index (χ1v) is 3.05. The van der Waals surface area contributed by atoms with Gasteiger partial charge in [0.05, 0.1) is 0 Å². The highest BCUT2D eigenvalue weighted by molar-refractivity contribution is 8.00. The Morgan fingerprint density at radius 2 is 2.50 bits per heavy atom. The average molecular weight is 101 g/mol. The summed E-state index contributed by atoms with van der Waals surface area (Å²) in [6, 6.07) is 0. The van der Waals surface area contributed by atoms with Crippen LogP contribution in [0.15, 0.2) is 12.2 Å². The minimum Gasteiger partial charge on any atom is -0.157 e. The van der Waals surface area contributed by atoms with E-state index in [2.05, 4.69) is 12.3 Å². The molecule has 0 unspecified atom stereocenters. The van der Waals surface area contributed by atoms with E-state index in [9.17, 15) is 0 Å². The molecule has 0 atom stereocenters. The Bertz CT molecular complexity index is 39.2. The fourth-order valence-corrected chi connectivity index (χ4v) is 0.493. The highest BCUT2D eigenvalue weighted by atomic mass is 32.2. The van der Waals surface area contributed by atoms with Crippen molar-refractivity contribution in [2.24, 2.45) is 0 Å². The molecule has 0 rings (SSSR count). The number of allylic oxidation sites excluding steroid dienone is 1. The van der Waals surface area contributed by atoms with Crippen LogP contribution in [0.1, 0.15) is 6.92 Å². The van der Waals surface area contributed by atoms with Crippen molar-refractivity contribution in [1.82, 2.24) is 0 Å². The van der Waals surface area contributed by atoms with Gasteiger partial charge in [0, 0.05) is 12.0 Å². The predicted octanol–water partition coefficient (Wildman–Crippen LogP) is 2.09. The van der Waals surface area contributed by atoms with Crippen molar-refractivity contribution in [3.8, 4) is 0 Å². The summed E-state index contributed by atoms with van der Waals surface area (Å²) < 4.78 is 0. The Morgan fingerprint density at radius 1 is 1.83 bits per heavy atom. The lowest BCUT2D eigenvalue weighted by molar-refractivity contribution is 1.66. The van der Waals surface area contributed by atoms with Crippen LogP contribution in [-0.4, -0.2) is 5.75 Å². The van der Waals surface area contributed by atoms with E-state index in [0.29, 0.717) is 0 Å². The van der Waals surface area contributed by atoms with E-state index in [1.807, 2.05) is 13.0 Å². The molecule has 35 valence electrons. The van der Waals surface area contributed by atoms with Gasteiger partial charge in [-0.15, -0.1) is 0 Å². The molecule has 0 bridgehead atoms. The van der Waals surface area contributed by atoms with Crippen molar-refractivity contribution >= 4 is 11.8 Å². The van der Waals surface area contributed by atoms with E-state index < -0.39 is 0 Å². The molecule has 0 aliphatic heterocycles. The van der Waals surface area contributed by atoms with Crippen LogP contribution in [0.5, 0.6) is 0 Å². The van der Waals surface area contributed by atoms with Crippen molar-refractivity contribution in [2.45, 2.75) is 6.92 Å². The third-order valence-electron chi connectivity index (χ3n) is 0.450. The third-order valence-corrected chi connectivity index (χ3v) is 0.878. The monoisotopic (exact) mass is 101 g/mol. The van der Waals surface area contributed by atoms with Crippen LogP contribution in [0.2, 0.25) is 0 Å². The molecule has 0 fully saturated rings. The van der Waals surface area contributed by atoms with Gasteiger partial charge in [-0.3, -0.25) is 0 Å². The lowest BCUT2D eigenvalue weighted by Gasteiger charge is -1.76. The van der Waals surface area contributed by atoms with Gasteiger partial charge in [-0.2, -0.15) is 11.8 Å². The molecule has 0 aromatic rings. The Labute approximate surface area is 43.6 Å². The normalized spacial score (nSPS) is 10.3. The van der Waals surface area contributed by atoms with Crippen LogP contribution in [-0.2, 0) is 0 Å². The minimum absolute atomic E-state index is 1.04. The zero-order valence-corrected chi connectivity index (χ0v) is 4.79. The van der Waals surface area contributed by atoms with Gasteiger partial charge < -0.3 is 0 Å². The van der Waals surface area contributed by atoms with Gasteiger partial charge in [0.1, 0.15) is 0 Å². The second-order valence-corrected chi connectivity index (χ2v) is 1.68. The van der Waals surface area contributed by atoms with E-state index in [1.165, 1.54) is 0 Å². The summed E-state index contributed by atoms with van der Waals surface area (Å²) in [6.45, 7) is 2.01. The summed E-state index contributed by atoms with van der Waals surface area (Å²) in [4.78, 5) is 0. The fraction of sp³-hybridized carbons (Fsp3) is 0.400. The topological polar surface area (TPSA) is 0 Å². The van der Waals surface area contributed by atoms with Crippen LogP contribution in [0, 0.1) is 6.26 Å². The predicted molar refractivity (Wildman–Crippen MR) is 32.6 cm³/mol. The van der Waals surface area contributed by atoms with Crippen LogP contribution in [0.3, 0.4) is 0 Å². The van der Waals surface area contributed by atoms with E-state index in [1.54, 1.807) is 11.8 Å². The van der Waals surface area contributed by atoms with Crippen LogP contribution < -0.4 is 0 Å². The van der Waals surface area contributed by atoms with Gasteiger partial charge in [-0.05, 0) is 6.92 Å². The lowest BCUT2D eigenvalue weighted by atomic mass is 10.6. The molecule has 0 saturated heterocycles. The van der Waals surface area contributed by atoms with Gasteiger partial charge in [-0.25, -0.2) is 0 Å². The molecular weight excluding hydrogens is 92.1 g/mol. The number of hydrogen-bond acceptors (Lipinski definition) is 1.